The molecule has 3 aromatic carbocycles. The fourth-order valence-corrected chi connectivity index (χ4v) is 6.08. The van der Waals surface area contributed by atoms with Gasteiger partial charge in [-0.1, -0.05) is 86.9 Å². The van der Waals surface area contributed by atoms with E-state index < -0.39 is 8.07 Å². The van der Waals surface area contributed by atoms with Crippen molar-refractivity contribution in [3.63, 3.8) is 0 Å². The Labute approximate surface area is 252 Å². The molecule has 0 fully saturated rings. The minimum atomic E-state index is -1.48. The fraction of sp³-hybridized carbons (Fsp3) is 0.200. The molecule has 0 aliphatic carbocycles. The van der Waals surface area contributed by atoms with Gasteiger partial charge in [0, 0.05) is 37.9 Å². The molecule has 0 N–H and O–H groups in total. The number of hydrogen-bond donors (Lipinski definition) is 0. The number of para-hydroxylation sites is 1. The third kappa shape index (κ3) is 6.33. The van der Waals surface area contributed by atoms with Gasteiger partial charge in [0.15, 0.2) is 0 Å². The van der Waals surface area contributed by atoms with E-state index in [1.165, 1.54) is 16.1 Å². The number of pyridine rings is 2. The summed E-state index contributed by atoms with van der Waals surface area (Å²) < 4.78 is 6.39. The first-order valence-electron chi connectivity index (χ1n) is 13.4. The average molecular weight is 719 g/mol. The summed E-state index contributed by atoms with van der Waals surface area (Å²) in [5.74, 6) is 0.534. The summed E-state index contributed by atoms with van der Waals surface area (Å²) in [5, 5.41) is 3.69. The first-order chi connectivity index (χ1) is 18.7. The molecule has 0 spiro atoms. The van der Waals surface area contributed by atoms with Crippen LogP contribution in [0.3, 0.4) is 0 Å². The minimum Gasteiger partial charge on any atom is -0.501 e. The second-order valence-electron chi connectivity index (χ2n) is 11.3. The molecule has 205 valence electrons. The maximum atomic E-state index is 6.39. The Morgan fingerprint density at radius 3 is 2.10 bits per heavy atom. The van der Waals surface area contributed by atoms with Gasteiger partial charge in [0.25, 0.3) is 0 Å². The number of furan rings is 1. The molecule has 0 amide bonds. The quantitative estimate of drug-likeness (QED) is 0.135. The van der Waals surface area contributed by atoms with E-state index in [1.807, 2.05) is 55.7 Å². The Balaban J connectivity index is 0.000000200. The smallest absolute Gasteiger partial charge is 0.120 e. The topological polar surface area (TPSA) is 38.9 Å². The van der Waals surface area contributed by atoms with Gasteiger partial charge >= 0.3 is 0 Å². The van der Waals surface area contributed by atoms with Gasteiger partial charge in [-0.3, -0.25) is 0 Å². The van der Waals surface area contributed by atoms with Crippen molar-refractivity contribution in [2.75, 3.05) is 0 Å². The molecule has 3 nitrogen and oxygen atoms in total. The molecule has 0 aliphatic rings. The zero-order valence-corrected chi connectivity index (χ0v) is 27.3. The van der Waals surface area contributed by atoms with E-state index in [2.05, 4.69) is 98.1 Å². The number of fused-ring (bicyclic) bond motifs is 3. The molecule has 5 heteroatoms. The maximum Gasteiger partial charge on any atom is 0.120 e. The summed E-state index contributed by atoms with van der Waals surface area (Å²) in [6.07, 6.45) is 3.83. The van der Waals surface area contributed by atoms with E-state index in [1.54, 1.807) is 0 Å². The van der Waals surface area contributed by atoms with Gasteiger partial charge in [0.2, 0.25) is 0 Å². The SMILES string of the molecule is CC(C)c1ccc(-c2[c-]cccc2)nc1.Cc1ccc(-c2[c-]ccc3c2oc2c([Si](C)(C)C)cccc23)nc1.[Ir]. The van der Waals surface area contributed by atoms with E-state index in [0.29, 0.717) is 5.92 Å². The van der Waals surface area contributed by atoms with Gasteiger partial charge in [0.1, 0.15) is 5.58 Å². The van der Waals surface area contributed by atoms with Crippen molar-refractivity contribution in [1.82, 2.24) is 9.97 Å². The Bertz CT molecular complexity index is 1700. The van der Waals surface area contributed by atoms with Crippen LogP contribution in [0.25, 0.3) is 44.5 Å². The van der Waals surface area contributed by atoms with Crippen LogP contribution < -0.4 is 5.19 Å². The van der Waals surface area contributed by atoms with Crippen LogP contribution in [-0.4, -0.2) is 18.0 Å². The van der Waals surface area contributed by atoms with Crippen LogP contribution in [-0.2, 0) is 20.1 Å². The van der Waals surface area contributed by atoms with Crippen LogP contribution in [0.15, 0.2) is 95.7 Å². The van der Waals surface area contributed by atoms with Gasteiger partial charge in [-0.25, -0.2) is 0 Å². The first kappa shape index (κ1) is 29.6. The summed E-state index contributed by atoms with van der Waals surface area (Å²) in [6.45, 7) is 13.4. The monoisotopic (exact) mass is 719 g/mol. The van der Waals surface area contributed by atoms with Crippen molar-refractivity contribution in [3.05, 3.63) is 115 Å². The molecule has 0 atom stereocenters. The van der Waals surface area contributed by atoms with Crippen molar-refractivity contribution in [2.45, 2.75) is 46.3 Å². The first-order valence-corrected chi connectivity index (χ1v) is 16.9. The number of aromatic nitrogens is 2. The summed E-state index contributed by atoms with van der Waals surface area (Å²) >= 11 is 0. The van der Waals surface area contributed by atoms with Gasteiger partial charge in [-0.05, 0) is 40.5 Å². The number of rotatable bonds is 4. The molecule has 3 aromatic heterocycles. The van der Waals surface area contributed by atoms with E-state index in [4.69, 9.17) is 4.42 Å². The Hall–Kier alpha value is -3.37. The second-order valence-corrected chi connectivity index (χ2v) is 16.3. The summed E-state index contributed by atoms with van der Waals surface area (Å²) in [6, 6.07) is 33.3. The van der Waals surface area contributed by atoms with E-state index >= 15 is 0 Å². The largest absolute Gasteiger partial charge is 0.501 e. The fourth-order valence-electron chi connectivity index (χ4n) is 4.62. The van der Waals surface area contributed by atoms with E-state index in [0.717, 1.165) is 44.6 Å². The molecule has 6 aromatic rings. The number of hydrogen-bond acceptors (Lipinski definition) is 3. The summed E-state index contributed by atoms with van der Waals surface area (Å²) in [7, 11) is -1.48. The maximum absolute atomic E-state index is 6.39. The average Bonchev–Trinajstić information content (AvgIpc) is 3.33. The molecule has 40 heavy (non-hydrogen) atoms. The Kier molecular flexibility index (Phi) is 9.20. The third-order valence-electron chi connectivity index (χ3n) is 6.87. The van der Waals surface area contributed by atoms with Gasteiger partial charge < -0.3 is 14.4 Å². The van der Waals surface area contributed by atoms with Crippen molar-refractivity contribution in [2.24, 2.45) is 0 Å². The zero-order valence-electron chi connectivity index (χ0n) is 23.9. The Morgan fingerprint density at radius 1 is 0.725 bits per heavy atom. The molecule has 0 bridgehead atoms. The van der Waals surface area contributed by atoms with Crippen molar-refractivity contribution < 1.29 is 24.5 Å². The van der Waals surface area contributed by atoms with E-state index in [9.17, 15) is 0 Å². The molecule has 0 unspecified atom stereocenters. The summed E-state index contributed by atoms with van der Waals surface area (Å²) in [5.41, 5.74) is 8.21. The molecule has 0 aliphatic heterocycles. The molecular formula is C35H34IrN2OSi-2. The van der Waals surface area contributed by atoms with Crippen LogP contribution in [0.4, 0.5) is 0 Å². The van der Waals surface area contributed by atoms with Gasteiger partial charge in [-0.2, -0.15) is 0 Å². The molecule has 1 radical (unpaired) electrons. The normalized spacial score (nSPS) is 11.3. The predicted molar refractivity (Wildman–Crippen MR) is 166 cm³/mol. The molecule has 0 saturated carbocycles. The van der Waals surface area contributed by atoms with Gasteiger partial charge in [0.05, 0.1) is 13.7 Å². The van der Waals surface area contributed by atoms with E-state index in [-0.39, 0.29) is 20.1 Å². The summed E-state index contributed by atoms with van der Waals surface area (Å²) in [4.78, 5) is 9.00. The number of nitrogens with zero attached hydrogens (tertiary/aromatic N) is 2. The predicted octanol–water partition coefficient (Wildman–Crippen LogP) is 8.97. The van der Waals surface area contributed by atoms with Crippen LogP contribution in [0.1, 0.15) is 30.9 Å². The second kappa shape index (κ2) is 12.4. The van der Waals surface area contributed by atoms with Gasteiger partial charge in [-0.15, -0.1) is 54.1 Å². The van der Waals surface area contributed by atoms with Crippen LogP contribution in [0, 0.1) is 19.1 Å². The third-order valence-corrected chi connectivity index (χ3v) is 8.88. The molecule has 3 heterocycles. The minimum absolute atomic E-state index is 0. The Morgan fingerprint density at radius 2 is 1.48 bits per heavy atom. The molecule has 0 saturated heterocycles. The number of aryl methyl sites for hydroxylation is 1. The standard InChI is InChI=1S/C21H20NOSi.C14H14N.Ir/c1-14-11-12-18(22-13-14)17-9-5-7-15-16-8-6-10-19(24(2,3)4)21(16)23-20(15)17;1-11(2)13-8-9-14(15-10-13)12-6-4-3-5-7-12;/h5-8,10-13H,1-4H3;3-6,8-11H,1-2H3;/q2*-1;. The van der Waals surface area contributed by atoms with Crippen molar-refractivity contribution in [1.29, 1.82) is 0 Å². The molecule has 6 rings (SSSR count). The van der Waals surface area contributed by atoms with Crippen LogP contribution in [0.5, 0.6) is 0 Å². The van der Waals surface area contributed by atoms with Crippen LogP contribution >= 0.6 is 0 Å². The number of benzene rings is 3. The zero-order chi connectivity index (χ0) is 27.6. The van der Waals surface area contributed by atoms with Crippen molar-refractivity contribution >= 4 is 35.2 Å². The van der Waals surface area contributed by atoms with Crippen molar-refractivity contribution in [3.8, 4) is 22.5 Å². The molecular weight excluding hydrogens is 685 g/mol. The van der Waals surface area contributed by atoms with Crippen LogP contribution in [0.2, 0.25) is 19.6 Å².